The fourth-order valence-corrected chi connectivity index (χ4v) is 2.28. The largest absolute Gasteiger partial charge is 0.465 e. The van der Waals surface area contributed by atoms with Crippen LogP contribution < -0.4 is 0 Å². The first-order valence-electron chi connectivity index (χ1n) is 3.69. The molecule has 0 fully saturated rings. The minimum Gasteiger partial charge on any atom is -0.465 e. The summed E-state index contributed by atoms with van der Waals surface area (Å²) in [6.45, 7) is 0. The first-order valence-corrected chi connectivity index (χ1v) is 6.37. The van der Waals surface area contributed by atoms with E-state index < -0.39 is 15.0 Å². The van der Waals surface area contributed by atoms with Gasteiger partial charge in [-0.1, -0.05) is 11.6 Å². The number of halogens is 2. The van der Waals surface area contributed by atoms with Gasteiger partial charge in [0.2, 0.25) is 0 Å². The van der Waals surface area contributed by atoms with Crippen LogP contribution >= 0.6 is 22.3 Å². The molecule has 82 valence electrons. The quantitative estimate of drug-likeness (QED) is 0.609. The van der Waals surface area contributed by atoms with Gasteiger partial charge < -0.3 is 4.74 Å². The van der Waals surface area contributed by atoms with Crippen molar-refractivity contribution in [3.8, 4) is 0 Å². The normalized spacial score (nSPS) is 11.1. The van der Waals surface area contributed by atoms with Crippen LogP contribution in [0.25, 0.3) is 0 Å². The minimum absolute atomic E-state index is 0.142. The van der Waals surface area contributed by atoms with E-state index in [1.165, 1.54) is 12.1 Å². The highest BCUT2D eigenvalue weighted by Gasteiger charge is 2.21. The number of methoxy groups -OCH3 is 1. The Hall–Kier alpha value is -0.780. The van der Waals surface area contributed by atoms with Gasteiger partial charge in [-0.05, 0) is 18.2 Å². The highest BCUT2D eigenvalue weighted by molar-refractivity contribution is 8.13. The predicted molar refractivity (Wildman–Crippen MR) is 55.8 cm³/mol. The van der Waals surface area contributed by atoms with E-state index in [0.717, 1.165) is 13.2 Å². The Balaban J connectivity index is 3.47. The van der Waals surface area contributed by atoms with Gasteiger partial charge in [-0.25, -0.2) is 13.2 Å². The first kappa shape index (κ1) is 12.3. The number of benzene rings is 1. The molecule has 0 N–H and O–H groups in total. The summed E-state index contributed by atoms with van der Waals surface area (Å²) in [5.41, 5.74) is -0.142. The van der Waals surface area contributed by atoms with Crippen LogP contribution in [0.3, 0.4) is 0 Å². The van der Waals surface area contributed by atoms with Crippen molar-refractivity contribution in [3.63, 3.8) is 0 Å². The minimum atomic E-state index is -4.02. The van der Waals surface area contributed by atoms with Crippen molar-refractivity contribution in [3.05, 3.63) is 28.8 Å². The third-order valence-electron chi connectivity index (χ3n) is 1.61. The van der Waals surface area contributed by atoms with E-state index in [9.17, 15) is 13.2 Å². The molecule has 0 spiro atoms. The molecule has 0 bridgehead atoms. The van der Waals surface area contributed by atoms with Crippen LogP contribution in [0.1, 0.15) is 10.4 Å². The Bertz CT molecular complexity index is 495. The highest BCUT2D eigenvalue weighted by Crippen LogP contribution is 2.24. The fourth-order valence-electron chi connectivity index (χ4n) is 0.976. The summed E-state index contributed by atoms with van der Waals surface area (Å²) in [4.78, 5) is 10.8. The third-order valence-corrected chi connectivity index (χ3v) is 3.21. The lowest BCUT2D eigenvalue weighted by Crippen LogP contribution is -2.07. The summed E-state index contributed by atoms with van der Waals surface area (Å²) in [5.74, 6) is -0.786. The van der Waals surface area contributed by atoms with E-state index in [1.54, 1.807) is 0 Å². The van der Waals surface area contributed by atoms with Crippen LogP contribution in [0.4, 0.5) is 0 Å². The second-order valence-corrected chi connectivity index (χ2v) is 5.54. The second-order valence-electron chi connectivity index (χ2n) is 2.57. The Kier molecular flexibility index (Phi) is 3.59. The monoisotopic (exact) mass is 268 g/mol. The van der Waals surface area contributed by atoms with Crippen LogP contribution in [0, 0.1) is 0 Å². The molecule has 15 heavy (non-hydrogen) atoms. The van der Waals surface area contributed by atoms with Crippen molar-refractivity contribution in [2.45, 2.75) is 4.90 Å². The van der Waals surface area contributed by atoms with Gasteiger partial charge in [-0.3, -0.25) is 0 Å². The summed E-state index contributed by atoms with van der Waals surface area (Å²) in [5, 5.41) is 0.168. The lowest BCUT2D eigenvalue weighted by Gasteiger charge is -2.04. The van der Waals surface area contributed by atoms with Crippen LogP contribution in [0.5, 0.6) is 0 Å². The van der Waals surface area contributed by atoms with E-state index in [-0.39, 0.29) is 15.5 Å². The van der Waals surface area contributed by atoms with Crippen LogP contribution in [0.2, 0.25) is 5.02 Å². The highest BCUT2D eigenvalue weighted by atomic mass is 35.7. The standard InChI is InChI=1S/C8H6Cl2O4S/c1-14-8(11)6-3-2-5(9)4-7(6)15(10,12)13/h2-4H,1H3. The van der Waals surface area contributed by atoms with Crippen molar-refractivity contribution in [1.82, 2.24) is 0 Å². The second kappa shape index (κ2) is 4.38. The molecule has 1 aromatic rings. The molecule has 0 radical (unpaired) electrons. The summed E-state index contributed by atoms with van der Waals surface area (Å²) in [7, 11) is 2.26. The van der Waals surface area contributed by atoms with Gasteiger partial charge in [0.15, 0.2) is 0 Å². The Morgan fingerprint density at radius 3 is 2.47 bits per heavy atom. The van der Waals surface area contributed by atoms with Crippen molar-refractivity contribution >= 4 is 37.3 Å². The number of ether oxygens (including phenoxy) is 1. The van der Waals surface area contributed by atoms with Crippen molar-refractivity contribution in [2.24, 2.45) is 0 Å². The fraction of sp³-hybridized carbons (Fsp3) is 0.125. The molecule has 0 heterocycles. The Morgan fingerprint density at radius 2 is 2.00 bits per heavy atom. The van der Waals surface area contributed by atoms with Gasteiger partial charge >= 0.3 is 5.97 Å². The summed E-state index contributed by atoms with van der Waals surface area (Å²) in [6.07, 6.45) is 0. The summed E-state index contributed by atoms with van der Waals surface area (Å²) in [6, 6.07) is 3.71. The molecule has 0 atom stereocenters. The molecule has 1 rings (SSSR count). The maximum atomic E-state index is 11.2. The molecular weight excluding hydrogens is 263 g/mol. The molecule has 7 heteroatoms. The smallest absolute Gasteiger partial charge is 0.339 e. The third kappa shape index (κ3) is 2.84. The molecule has 0 aliphatic heterocycles. The molecule has 0 aromatic heterocycles. The molecule has 0 saturated carbocycles. The molecule has 4 nitrogen and oxygen atoms in total. The Morgan fingerprint density at radius 1 is 1.40 bits per heavy atom. The lowest BCUT2D eigenvalue weighted by molar-refractivity contribution is 0.0596. The van der Waals surface area contributed by atoms with E-state index in [0.29, 0.717) is 0 Å². The summed E-state index contributed by atoms with van der Waals surface area (Å²) >= 11 is 5.60. The zero-order valence-electron chi connectivity index (χ0n) is 7.53. The SMILES string of the molecule is COC(=O)c1ccc(Cl)cc1S(=O)(=O)Cl. The number of hydrogen-bond acceptors (Lipinski definition) is 4. The van der Waals surface area contributed by atoms with Gasteiger partial charge in [0.05, 0.1) is 17.6 Å². The maximum Gasteiger partial charge on any atom is 0.339 e. The van der Waals surface area contributed by atoms with Crippen LogP contribution in [0.15, 0.2) is 23.1 Å². The summed E-state index contributed by atoms with van der Waals surface area (Å²) < 4.78 is 26.7. The van der Waals surface area contributed by atoms with E-state index in [1.807, 2.05) is 0 Å². The molecule has 0 aliphatic carbocycles. The van der Waals surface area contributed by atoms with Gasteiger partial charge in [-0.15, -0.1) is 0 Å². The topological polar surface area (TPSA) is 60.4 Å². The van der Waals surface area contributed by atoms with E-state index >= 15 is 0 Å². The van der Waals surface area contributed by atoms with Gasteiger partial charge in [0, 0.05) is 15.7 Å². The molecule has 0 aliphatic rings. The lowest BCUT2D eigenvalue weighted by atomic mass is 10.2. The molecular formula is C8H6Cl2O4S. The first-order chi connectivity index (χ1) is 6.86. The molecule has 0 amide bonds. The van der Waals surface area contributed by atoms with Crippen LogP contribution in [-0.4, -0.2) is 21.5 Å². The molecule has 0 saturated heterocycles. The van der Waals surface area contributed by atoms with Gasteiger partial charge in [0.1, 0.15) is 0 Å². The average molecular weight is 269 g/mol. The zero-order chi connectivity index (χ0) is 11.6. The molecule has 1 aromatic carbocycles. The van der Waals surface area contributed by atoms with Crippen molar-refractivity contribution in [2.75, 3.05) is 7.11 Å². The van der Waals surface area contributed by atoms with Crippen molar-refractivity contribution in [1.29, 1.82) is 0 Å². The number of esters is 1. The number of hydrogen-bond donors (Lipinski definition) is 0. The zero-order valence-corrected chi connectivity index (χ0v) is 9.86. The molecule has 0 unspecified atom stereocenters. The maximum absolute atomic E-state index is 11.2. The average Bonchev–Trinajstić information content (AvgIpc) is 2.15. The number of carbonyl (C=O) groups is 1. The van der Waals surface area contributed by atoms with Gasteiger partial charge in [0.25, 0.3) is 9.05 Å². The number of rotatable bonds is 2. The number of carbonyl (C=O) groups excluding carboxylic acids is 1. The van der Waals surface area contributed by atoms with Crippen molar-refractivity contribution < 1.29 is 17.9 Å². The van der Waals surface area contributed by atoms with E-state index in [2.05, 4.69) is 4.74 Å². The predicted octanol–water partition coefficient (Wildman–Crippen LogP) is 2.05. The van der Waals surface area contributed by atoms with Gasteiger partial charge in [-0.2, -0.15) is 0 Å². The van der Waals surface area contributed by atoms with Crippen LogP contribution in [-0.2, 0) is 13.8 Å². The van der Waals surface area contributed by atoms with E-state index in [4.69, 9.17) is 22.3 Å². The Labute approximate surface area is 96.2 Å².